The van der Waals surface area contributed by atoms with Crippen molar-refractivity contribution in [3.63, 3.8) is 0 Å². The van der Waals surface area contributed by atoms with Crippen LogP contribution in [-0.2, 0) is 14.3 Å². The van der Waals surface area contributed by atoms with E-state index < -0.39 is 0 Å². The summed E-state index contributed by atoms with van der Waals surface area (Å²) in [6, 6.07) is 0. The molecule has 0 aromatic heterocycles. The number of nitrogens with one attached hydrogen (secondary N) is 1. The molecule has 0 radical (unpaired) electrons. The zero-order chi connectivity index (χ0) is 19.0. The van der Waals surface area contributed by atoms with E-state index in [4.69, 9.17) is 9.47 Å². The second kappa shape index (κ2) is 15.0. The summed E-state index contributed by atoms with van der Waals surface area (Å²) >= 11 is 0. The van der Waals surface area contributed by atoms with Gasteiger partial charge in [0.1, 0.15) is 0 Å². The average molecular weight is 358 g/mol. The van der Waals surface area contributed by atoms with E-state index >= 15 is 0 Å². The number of alkyl carbamates (subject to hydrolysis) is 1. The number of hydrogen-bond acceptors (Lipinski definition) is 4. The average Bonchev–Trinajstić information content (AvgIpc) is 2.54. The lowest BCUT2D eigenvalue weighted by Gasteiger charge is -2.17. The van der Waals surface area contributed by atoms with Gasteiger partial charge in [0.2, 0.25) is 0 Å². The lowest BCUT2D eigenvalue weighted by molar-refractivity contribution is -0.143. The third-order valence-corrected chi connectivity index (χ3v) is 3.72. The van der Waals surface area contributed by atoms with Crippen LogP contribution in [0.2, 0.25) is 0 Å². The van der Waals surface area contributed by atoms with Crippen LogP contribution in [-0.4, -0.2) is 31.8 Å². The maximum Gasteiger partial charge on any atom is 0.407 e. The molecule has 0 spiro atoms. The van der Waals surface area contributed by atoms with Crippen molar-refractivity contribution >= 4 is 12.1 Å². The van der Waals surface area contributed by atoms with Gasteiger partial charge in [0.15, 0.2) is 0 Å². The van der Waals surface area contributed by atoms with Crippen LogP contribution in [0.15, 0.2) is 0 Å². The zero-order valence-electron chi connectivity index (χ0n) is 16.8. The Balaban J connectivity index is 3.36. The topological polar surface area (TPSA) is 64.6 Å². The van der Waals surface area contributed by atoms with E-state index in [1.165, 1.54) is 25.7 Å². The first-order valence-corrected chi connectivity index (χ1v) is 9.91. The number of esters is 1. The Bertz CT molecular complexity index is 350. The van der Waals surface area contributed by atoms with E-state index in [1.807, 2.05) is 20.8 Å². The highest BCUT2D eigenvalue weighted by Gasteiger charge is 2.13. The molecule has 0 aliphatic heterocycles. The molecule has 0 saturated heterocycles. The van der Waals surface area contributed by atoms with Crippen LogP contribution in [0.1, 0.15) is 91.9 Å². The minimum atomic E-state index is -0.367. The highest BCUT2D eigenvalue weighted by molar-refractivity contribution is 5.69. The van der Waals surface area contributed by atoms with Crippen molar-refractivity contribution in [3.8, 4) is 0 Å². The molecule has 0 aromatic rings. The molecule has 0 rings (SSSR count). The number of unbranched alkanes of at least 4 members (excludes halogenated alkanes) is 7. The highest BCUT2D eigenvalue weighted by Crippen LogP contribution is 2.12. The van der Waals surface area contributed by atoms with Gasteiger partial charge in [0.05, 0.1) is 13.2 Å². The van der Waals surface area contributed by atoms with Gasteiger partial charge in [-0.05, 0) is 24.7 Å². The van der Waals surface area contributed by atoms with E-state index in [-0.39, 0.29) is 17.5 Å². The third-order valence-electron chi connectivity index (χ3n) is 3.72. The van der Waals surface area contributed by atoms with E-state index in [1.54, 1.807) is 0 Å². The summed E-state index contributed by atoms with van der Waals surface area (Å²) in [7, 11) is 0. The van der Waals surface area contributed by atoms with E-state index in [0.717, 1.165) is 32.1 Å². The van der Waals surface area contributed by atoms with Crippen molar-refractivity contribution in [1.29, 1.82) is 0 Å². The van der Waals surface area contributed by atoms with Gasteiger partial charge >= 0.3 is 12.1 Å². The molecule has 5 heteroatoms. The lowest BCUT2D eigenvalue weighted by Crippen LogP contribution is -2.28. The number of rotatable bonds is 14. The second-order valence-electron chi connectivity index (χ2n) is 7.86. The Morgan fingerprint density at radius 3 is 2.16 bits per heavy atom. The zero-order valence-corrected chi connectivity index (χ0v) is 16.8. The number of hydrogen-bond donors (Lipinski definition) is 1. The monoisotopic (exact) mass is 357 g/mol. The van der Waals surface area contributed by atoms with Crippen molar-refractivity contribution in [2.45, 2.75) is 91.9 Å². The van der Waals surface area contributed by atoms with Crippen molar-refractivity contribution in [1.82, 2.24) is 5.32 Å². The molecule has 0 saturated carbocycles. The van der Waals surface area contributed by atoms with Gasteiger partial charge in [0.25, 0.3) is 0 Å². The van der Waals surface area contributed by atoms with E-state index in [0.29, 0.717) is 26.2 Å². The van der Waals surface area contributed by atoms with Crippen LogP contribution in [0.25, 0.3) is 0 Å². The van der Waals surface area contributed by atoms with Gasteiger partial charge in [-0.1, -0.05) is 66.2 Å². The summed E-state index contributed by atoms with van der Waals surface area (Å²) in [5.41, 5.74) is -0.0206. The van der Waals surface area contributed by atoms with Gasteiger partial charge in [-0.3, -0.25) is 4.79 Å². The Hall–Kier alpha value is -1.26. The second-order valence-corrected chi connectivity index (χ2v) is 7.86. The van der Waals surface area contributed by atoms with Crippen LogP contribution in [0, 0.1) is 5.41 Å². The highest BCUT2D eigenvalue weighted by atomic mass is 16.5. The predicted molar refractivity (Wildman–Crippen MR) is 102 cm³/mol. The standard InChI is InChI=1S/C20H39NO4/c1-5-6-7-8-9-13-16-24-18(22)14-11-10-12-15-21-19(23)25-17-20(2,3)4/h5-17H2,1-4H3,(H,21,23). The fourth-order valence-corrected chi connectivity index (χ4v) is 2.24. The van der Waals surface area contributed by atoms with Gasteiger partial charge in [-0.2, -0.15) is 0 Å². The molecule has 0 atom stereocenters. The Morgan fingerprint density at radius 1 is 0.840 bits per heavy atom. The largest absolute Gasteiger partial charge is 0.466 e. The molecule has 0 bridgehead atoms. The Morgan fingerprint density at radius 2 is 1.48 bits per heavy atom. The molecule has 0 fully saturated rings. The van der Waals surface area contributed by atoms with Crippen molar-refractivity contribution < 1.29 is 19.1 Å². The van der Waals surface area contributed by atoms with Crippen LogP contribution in [0.5, 0.6) is 0 Å². The van der Waals surface area contributed by atoms with Crippen molar-refractivity contribution in [2.24, 2.45) is 5.41 Å². The molecule has 0 aliphatic carbocycles. The molecule has 0 unspecified atom stereocenters. The molecular weight excluding hydrogens is 318 g/mol. The van der Waals surface area contributed by atoms with Gasteiger partial charge in [-0.15, -0.1) is 0 Å². The number of carbonyl (C=O) groups excluding carboxylic acids is 2. The minimum absolute atomic E-state index is 0.0206. The number of ether oxygens (including phenoxy) is 2. The van der Waals surface area contributed by atoms with Gasteiger partial charge < -0.3 is 14.8 Å². The fourth-order valence-electron chi connectivity index (χ4n) is 2.24. The van der Waals surface area contributed by atoms with Crippen LogP contribution >= 0.6 is 0 Å². The predicted octanol–water partition coefficient (Wildman–Crippen LogP) is 5.22. The molecule has 25 heavy (non-hydrogen) atoms. The van der Waals surface area contributed by atoms with E-state index in [2.05, 4.69) is 12.2 Å². The van der Waals surface area contributed by atoms with Crippen LogP contribution < -0.4 is 5.32 Å². The van der Waals surface area contributed by atoms with Crippen molar-refractivity contribution in [2.75, 3.05) is 19.8 Å². The Labute approximate surface area is 154 Å². The van der Waals surface area contributed by atoms with Crippen LogP contribution in [0.4, 0.5) is 4.79 Å². The molecule has 0 aromatic carbocycles. The van der Waals surface area contributed by atoms with Gasteiger partial charge in [0, 0.05) is 13.0 Å². The minimum Gasteiger partial charge on any atom is -0.466 e. The van der Waals surface area contributed by atoms with E-state index in [9.17, 15) is 9.59 Å². The molecular formula is C20H39NO4. The molecule has 148 valence electrons. The van der Waals surface area contributed by atoms with Crippen LogP contribution in [0.3, 0.4) is 0 Å². The first-order chi connectivity index (χ1) is 11.8. The molecule has 1 amide bonds. The first kappa shape index (κ1) is 23.7. The van der Waals surface area contributed by atoms with Gasteiger partial charge in [-0.25, -0.2) is 4.79 Å². The first-order valence-electron chi connectivity index (χ1n) is 9.91. The summed E-state index contributed by atoms with van der Waals surface area (Å²) in [4.78, 5) is 23.0. The maximum atomic E-state index is 11.6. The number of carbonyl (C=O) groups is 2. The molecule has 0 heterocycles. The smallest absolute Gasteiger partial charge is 0.407 e. The molecule has 0 aliphatic rings. The summed E-state index contributed by atoms with van der Waals surface area (Å²) in [6.45, 7) is 9.80. The summed E-state index contributed by atoms with van der Waals surface area (Å²) in [5, 5.41) is 2.73. The Kier molecular flexibility index (Phi) is 14.3. The fraction of sp³-hybridized carbons (Fsp3) is 0.900. The molecule has 5 nitrogen and oxygen atoms in total. The number of amides is 1. The SMILES string of the molecule is CCCCCCCCOC(=O)CCCCCNC(=O)OCC(C)(C)C. The quantitative estimate of drug-likeness (QED) is 0.342. The third kappa shape index (κ3) is 18.9. The lowest BCUT2D eigenvalue weighted by atomic mass is 9.99. The van der Waals surface area contributed by atoms with Crippen molar-refractivity contribution in [3.05, 3.63) is 0 Å². The summed E-state index contributed by atoms with van der Waals surface area (Å²) < 4.78 is 10.3. The summed E-state index contributed by atoms with van der Waals surface area (Å²) in [6.07, 6.45) is 9.80. The molecule has 1 N–H and O–H groups in total. The normalized spacial score (nSPS) is 11.2. The summed E-state index contributed by atoms with van der Waals surface area (Å²) in [5.74, 6) is -0.105. The maximum absolute atomic E-state index is 11.6.